The molecule has 0 fully saturated rings. The molecule has 0 amide bonds. The Morgan fingerprint density at radius 3 is 2.41 bits per heavy atom. The van der Waals surface area contributed by atoms with Gasteiger partial charge < -0.3 is 15.5 Å². The fourth-order valence-electron chi connectivity index (χ4n) is 1.53. The summed E-state index contributed by atoms with van der Waals surface area (Å²) in [4.78, 5) is 8.79. The smallest absolute Gasteiger partial charge is 0.0572 e. The van der Waals surface area contributed by atoms with Gasteiger partial charge in [-0.05, 0) is 32.6 Å². The van der Waals surface area contributed by atoms with Crippen LogP contribution in [-0.4, -0.2) is 44.1 Å². The molecule has 0 spiro atoms. The van der Waals surface area contributed by atoms with Crippen molar-refractivity contribution in [3.8, 4) is 0 Å². The number of rotatable bonds is 6. The standard InChI is InChI=1S/C13H24N4/c1-5-12(14)13-7-6-11(10-15-13)17(4)9-8-16(2)3/h6-7,10,12H,5,8-9,14H2,1-4H3/t12-/m1/s1. The van der Waals surface area contributed by atoms with Crippen molar-refractivity contribution in [3.63, 3.8) is 0 Å². The maximum atomic E-state index is 5.94. The van der Waals surface area contributed by atoms with Crippen molar-refractivity contribution in [2.45, 2.75) is 19.4 Å². The largest absolute Gasteiger partial charge is 0.372 e. The molecule has 4 nitrogen and oxygen atoms in total. The van der Waals surface area contributed by atoms with Gasteiger partial charge in [0, 0.05) is 26.2 Å². The summed E-state index contributed by atoms with van der Waals surface area (Å²) in [6.45, 7) is 4.10. The first-order valence-corrected chi connectivity index (χ1v) is 6.12. The highest BCUT2D eigenvalue weighted by atomic mass is 15.2. The van der Waals surface area contributed by atoms with Gasteiger partial charge in [0.25, 0.3) is 0 Å². The minimum atomic E-state index is 0.0520. The molecule has 1 atom stereocenters. The van der Waals surface area contributed by atoms with Gasteiger partial charge in [-0.1, -0.05) is 6.92 Å². The van der Waals surface area contributed by atoms with Gasteiger partial charge in [0.1, 0.15) is 0 Å². The molecule has 0 saturated heterocycles. The van der Waals surface area contributed by atoms with Crippen LogP contribution in [0.15, 0.2) is 18.3 Å². The van der Waals surface area contributed by atoms with Crippen LogP contribution in [-0.2, 0) is 0 Å². The third-order valence-electron chi connectivity index (χ3n) is 2.91. The van der Waals surface area contributed by atoms with Gasteiger partial charge in [-0.3, -0.25) is 4.98 Å². The Morgan fingerprint density at radius 2 is 1.94 bits per heavy atom. The third-order valence-corrected chi connectivity index (χ3v) is 2.91. The third kappa shape index (κ3) is 4.32. The van der Waals surface area contributed by atoms with Crippen LogP contribution in [0.3, 0.4) is 0 Å². The molecule has 96 valence electrons. The van der Waals surface area contributed by atoms with E-state index in [0.29, 0.717) is 0 Å². The Hall–Kier alpha value is -1.13. The Bertz CT molecular complexity index is 321. The number of nitrogens with zero attached hydrogens (tertiary/aromatic N) is 3. The molecule has 0 radical (unpaired) electrons. The predicted molar refractivity (Wildman–Crippen MR) is 73.3 cm³/mol. The van der Waals surface area contributed by atoms with Crippen LogP contribution in [0, 0.1) is 0 Å². The number of hydrogen-bond donors (Lipinski definition) is 1. The predicted octanol–water partition coefficient (Wildman–Crippen LogP) is 1.49. The Labute approximate surface area is 104 Å². The molecule has 0 bridgehead atoms. The Morgan fingerprint density at radius 1 is 1.24 bits per heavy atom. The number of pyridine rings is 1. The van der Waals surface area contributed by atoms with E-state index in [0.717, 1.165) is 30.9 Å². The van der Waals surface area contributed by atoms with E-state index in [9.17, 15) is 0 Å². The van der Waals surface area contributed by atoms with E-state index in [1.165, 1.54) is 0 Å². The molecule has 0 unspecified atom stereocenters. The lowest BCUT2D eigenvalue weighted by Gasteiger charge is -2.21. The van der Waals surface area contributed by atoms with Crippen molar-refractivity contribution in [1.82, 2.24) is 9.88 Å². The molecule has 0 saturated carbocycles. The first-order valence-electron chi connectivity index (χ1n) is 6.12. The number of hydrogen-bond acceptors (Lipinski definition) is 4. The lowest BCUT2D eigenvalue weighted by atomic mass is 10.1. The minimum absolute atomic E-state index is 0.0520. The first kappa shape index (κ1) is 13.9. The van der Waals surface area contributed by atoms with E-state index in [2.05, 4.69) is 48.9 Å². The van der Waals surface area contributed by atoms with E-state index < -0.39 is 0 Å². The quantitative estimate of drug-likeness (QED) is 0.813. The van der Waals surface area contributed by atoms with Crippen LogP contribution < -0.4 is 10.6 Å². The highest BCUT2D eigenvalue weighted by Crippen LogP contribution is 2.15. The Kier molecular flexibility index (Phi) is 5.38. The zero-order chi connectivity index (χ0) is 12.8. The zero-order valence-electron chi connectivity index (χ0n) is 11.3. The lowest BCUT2D eigenvalue weighted by molar-refractivity contribution is 0.416. The van der Waals surface area contributed by atoms with Gasteiger partial charge in [0.15, 0.2) is 0 Å². The fourth-order valence-corrected chi connectivity index (χ4v) is 1.53. The minimum Gasteiger partial charge on any atom is -0.372 e. The van der Waals surface area contributed by atoms with Crippen molar-refractivity contribution in [1.29, 1.82) is 0 Å². The zero-order valence-corrected chi connectivity index (χ0v) is 11.3. The maximum Gasteiger partial charge on any atom is 0.0572 e. The molecule has 2 N–H and O–H groups in total. The molecule has 1 heterocycles. The van der Waals surface area contributed by atoms with Crippen LogP contribution in [0.2, 0.25) is 0 Å². The second-order valence-corrected chi connectivity index (χ2v) is 4.68. The highest BCUT2D eigenvalue weighted by molar-refractivity contribution is 5.43. The summed E-state index contributed by atoms with van der Waals surface area (Å²) in [6.07, 6.45) is 2.82. The van der Waals surface area contributed by atoms with E-state index in [1.807, 2.05) is 12.3 Å². The van der Waals surface area contributed by atoms with Gasteiger partial charge in [0.05, 0.1) is 17.6 Å². The number of nitrogens with two attached hydrogens (primary N) is 1. The molecule has 1 aromatic rings. The SMILES string of the molecule is CC[C@@H](N)c1ccc(N(C)CCN(C)C)cn1. The van der Waals surface area contributed by atoms with Crippen molar-refractivity contribution < 1.29 is 0 Å². The molecular formula is C13H24N4. The molecule has 0 aromatic carbocycles. The van der Waals surface area contributed by atoms with Gasteiger partial charge in [-0.2, -0.15) is 0 Å². The molecule has 0 aliphatic carbocycles. The highest BCUT2D eigenvalue weighted by Gasteiger charge is 2.06. The second kappa shape index (κ2) is 6.57. The Balaban J connectivity index is 2.60. The van der Waals surface area contributed by atoms with Crippen molar-refractivity contribution in [2.75, 3.05) is 39.1 Å². The summed E-state index contributed by atoms with van der Waals surface area (Å²) in [6, 6.07) is 4.17. The molecule has 4 heteroatoms. The average Bonchev–Trinajstić information content (AvgIpc) is 2.35. The van der Waals surface area contributed by atoms with Crippen molar-refractivity contribution in [2.24, 2.45) is 5.73 Å². The number of anilines is 1. The maximum absolute atomic E-state index is 5.94. The summed E-state index contributed by atoms with van der Waals surface area (Å²) >= 11 is 0. The summed E-state index contributed by atoms with van der Waals surface area (Å²) in [5.74, 6) is 0. The fraction of sp³-hybridized carbons (Fsp3) is 0.615. The average molecular weight is 236 g/mol. The summed E-state index contributed by atoms with van der Waals surface area (Å²) < 4.78 is 0. The van der Waals surface area contributed by atoms with E-state index in [1.54, 1.807) is 0 Å². The molecule has 1 aromatic heterocycles. The number of aromatic nitrogens is 1. The monoisotopic (exact) mass is 236 g/mol. The summed E-state index contributed by atoms with van der Waals surface area (Å²) in [7, 11) is 6.24. The molecule has 0 aliphatic heterocycles. The van der Waals surface area contributed by atoms with Crippen molar-refractivity contribution >= 4 is 5.69 Å². The second-order valence-electron chi connectivity index (χ2n) is 4.68. The van der Waals surface area contributed by atoms with Crippen LogP contribution in [0.4, 0.5) is 5.69 Å². The van der Waals surface area contributed by atoms with Gasteiger partial charge >= 0.3 is 0 Å². The van der Waals surface area contributed by atoms with Crippen LogP contribution in [0.1, 0.15) is 25.1 Å². The molecule has 0 aliphatic rings. The van der Waals surface area contributed by atoms with Crippen molar-refractivity contribution in [3.05, 3.63) is 24.0 Å². The molecule has 17 heavy (non-hydrogen) atoms. The van der Waals surface area contributed by atoms with E-state index in [4.69, 9.17) is 5.73 Å². The first-order chi connectivity index (χ1) is 8.04. The lowest BCUT2D eigenvalue weighted by Crippen LogP contribution is -2.28. The summed E-state index contributed by atoms with van der Waals surface area (Å²) in [5.41, 5.74) is 8.04. The van der Waals surface area contributed by atoms with Crippen LogP contribution in [0.25, 0.3) is 0 Å². The van der Waals surface area contributed by atoms with Crippen LogP contribution >= 0.6 is 0 Å². The normalized spacial score (nSPS) is 12.8. The van der Waals surface area contributed by atoms with Crippen LogP contribution in [0.5, 0.6) is 0 Å². The molecular weight excluding hydrogens is 212 g/mol. The van der Waals surface area contributed by atoms with Gasteiger partial charge in [0.2, 0.25) is 0 Å². The topological polar surface area (TPSA) is 45.4 Å². The van der Waals surface area contributed by atoms with E-state index in [-0.39, 0.29) is 6.04 Å². The van der Waals surface area contributed by atoms with E-state index >= 15 is 0 Å². The molecule has 1 rings (SSSR count). The van der Waals surface area contributed by atoms with Gasteiger partial charge in [-0.15, -0.1) is 0 Å². The van der Waals surface area contributed by atoms with Gasteiger partial charge in [-0.25, -0.2) is 0 Å². The number of likely N-dealkylation sites (N-methyl/N-ethyl adjacent to an activating group) is 2. The summed E-state index contributed by atoms with van der Waals surface area (Å²) in [5, 5.41) is 0.